The molecule has 0 spiro atoms. The highest BCUT2D eigenvalue weighted by Gasteiger charge is 1.97. The highest BCUT2D eigenvalue weighted by Crippen LogP contribution is 2.16. The molecule has 0 saturated heterocycles. The summed E-state index contributed by atoms with van der Waals surface area (Å²) in [5, 5.41) is 0. The van der Waals surface area contributed by atoms with E-state index >= 15 is 0 Å². The third-order valence-corrected chi connectivity index (χ3v) is 7.01. The summed E-state index contributed by atoms with van der Waals surface area (Å²) in [5.74, 6) is 0. The van der Waals surface area contributed by atoms with Gasteiger partial charge in [-0.05, 0) is 19.9 Å². The summed E-state index contributed by atoms with van der Waals surface area (Å²) in [7, 11) is 0. The van der Waals surface area contributed by atoms with Crippen LogP contribution < -0.4 is 11.5 Å². The van der Waals surface area contributed by atoms with Gasteiger partial charge in [0.05, 0.1) is 0 Å². The van der Waals surface area contributed by atoms with E-state index in [2.05, 4.69) is 13.8 Å². The van der Waals surface area contributed by atoms with Crippen LogP contribution in [0.2, 0.25) is 0 Å². The lowest BCUT2D eigenvalue weighted by Crippen LogP contribution is -2.13. The van der Waals surface area contributed by atoms with E-state index in [4.69, 9.17) is 11.5 Å². The van der Waals surface area contributed by atoms with Crippen molar-refractivity contribution in [1.29, 1.82) is 0 Å². The van der Waals surface area contributed by atoms with Gasteiger partial charge >= 0.3 is 0 Å². The van der Waals surface area contributed by atoms with Gasteiger partial charge in [0.25, 0.3) is 0 Å². The SMILES string of the molecule is CCCCCCCCCCCCCCCCCCCCCCCCCCCCC(C)N.CCN. The topological polar surface area (TPSA) is 52.0 Å². The maximum Gasteiger partial charge on any atom is 0.00104 e. The smallest absolute Gasteiger partial charge is 0.00104 e. The van der Waals surface area contributed by atoms with Crippen LogP contribution in [0.3, 0.4) is 0 Å². The first-order chi connectivity index (χ1) is 16.7. The number of hydrogen-bond donors (Lipinski definition) is 2. The number of unbranched alkanes of at least 4 members (excludes halogenated alkanes) is 25. The molecule has 0 radical (unpaired) electrons. The molecule has 0 rings (SSSR count). The molecule has 0 amide bonds. The summed E-state index contributed by atoms with van der Waals surface area (Å²) in [5.41, 5.74) is 10.6. The molecule has 0 aliphatic rings. The van der Waals surface area contributed by atoms with Crippen LogP contribution in [-0.2, 0) is 0 Å². The summed E-state index contributed by atoms with van der Waals surface area (Å²) in [6, 6.07) is 0.398. The first-order valence-electron chi connectivity index (χ1n) is 16.1. The van der Waals surface area contributed by atoms with Crippen LogP contribution in [-0.4, -0.2) is 12.6 Å². The standard InChI is InChI=1S/C30H63N.C2H7N/c1-3-4-5-6-7-8-9-10-11-12-13-14-15-16-17-18-19-20-21-22-23-24-25-26-27-28-29-30(2)31;1-2-3/h30H,3-29,31H2,1-2H3;2-3H2,1H3. The highest BCUT2D eigenvalue weighted by molar-refractivity contribution is 4.54. The van der Waals surface area contributed by atoms with E-state index in [1.165, 1.54) is 173 Å². The molecule has 0 saturated carbocycles. The Balaban J connectivity index is 0. The van der Waals surface area contributed by atoms with Crippen LogP contribution in [0.15, 0.2) is 0 Å². The Kier molecular flexibility index (Phi) is 37.2. The maximum absolute atomic E-state index is 5.79. The first kappa shape index (κ1) is 36.1. The molecule has 1 unspecified atom stereocenters. The van der Waals surface area contributed by atoms with Gasteiger partial charge in [-0.2, -0.15) is 0 Å². The third-order valence-electron chi connectivity index (χ3n) is 7.01. The molecule has 0 aromatic rings. The van der Waals surface area contributed by atoms with Crippen molar-refractivity contribution >= 4 is 0 Å². The Bertz CT molecular complexity index is 316. The van der Waals surface area contributed by atoms with Gasteiger partial charge in [0.1, 0.15) is 0 Å². The van der Waals surface area contributed by atoms with Crippen molar-refractivity contribution in [2.75, 3.05) is 6.54 Å². The zero-order valence-corrected chi connectivity index (χ0v) is 24.5. The van der Waals surface area contributed by atoms with Crippen molar-refractivity contribution in [2.24, 2.45) is 11.5 Å². The maximum atomic E-state index is 5.79. The Morgan fingerprint density at radius 1 is 0.382 bits per heavy atom. The zero-order chi connectivity index (χ0) is 25.4. The molecule has 4 N–H and O–H groups in total. The van der Waals surface area contributed by atoms with Crippen LogP contribution in [0.1, 0.15) is 194 Å². The molecule has 1 atom stereocenters. The highest BCUT2D eigenvalue weighted by atomic mass is 14.6. The molecular weight excluding hydrogens is 412 g/mol. The van der Waals surface area contributed by atoms with Gasteiger partial charge in [-0.15, -0.1) is 0 Å². The Morgan fingerprint density at radius 3 is 0.735 bits per heavy atom. The predicted molar refractivity (Wildman–Crippen MR) is 159 cm³/mol. The van der Waals surface area contributed by atoms with Gasteiger partial charge in [0.2, 0.25) is 0 Å². The Hall–Kier alpha value is -0.0800. The number of nitrogens with two attached hydrogens (primary N) is 2. The monoisotopic (exact) mass is 483 g/mol. The van der Waals surface area contributed by atoms with E-state index in [0.29, 0.717) is 6.04 Å². The lowest BCUT2D eigenvalue weighted by atomic mass is 10.0. The van der Waals surface area contributed by atoms with Crippen LogP contribution >= 0.6 is 0 Å². The van der Waals surface area contributed by atoms with Crippen LogP contribution in [0.25, 0.3) is 0 Å². The molecule has 0 fully saturated rings. The van der Waals surface area contributed by atoms with Crippen LogP contribution in [0, 0.1) is 0 Å². The second-order valence-electron chi connectivity index (χ2n) is 11.0. The van der Waals surface area contributed by atoms with Crippen molar-refractivity contribution < 1.29 is 0 Å². The summed E-state index contributed by atoms with van der Waals surface area (Å²) in [4.78, 5) is 0. The molecule has 0 heterocycles. The van der Waals surface area contributed by atoms with E-state index in [9.17, 15) is 0 Å². The Morgan fingerprint density at radius 2 is 0.559 bits per heavy atom. The minimum absolute atomic E-state index is 0.398. The zero-order valence-electron chi connectivity index (χ0n) is 24.5. The summed E-state index contributed by atoms with van der Waals surface area (Å²) in [6.07, 6.45) is 39.2. The molecule has 2 heteroatoms. The quantitative estimate of drug-likeness (QED) is 0.114. The predicted octanol–water partition coefficient (Wildman–Crippen LogP) is 10.9. The van der Waals surface area contributed by atoms with Crippen molar-refractivity contribution in [3.8, 4) is 0 Å². The molecule has 2 nitrogen and oxygen atoms in total. The van der Waals surface area contributed by atoms with Gasteiger partial charge in [0, 0.05) is 6.04 Å². The van der Waals surface area contributed by atoms with Gasteiger partial charge < -0.3 is 11.5 Å². The normalized spacial score (nSPS) is 11.9. The van der Waals surface area contributed by atoms with E-state index in [1.54, 1.807) is 0 Å². The molecule has 0 aromatic carbocycles. The molecule has 208 valence electrons. The first-order valence-corrected chi connectivity index (χ1v) is 16.1. The molecule has 0 aromatic heterocycles. The summed E-state index contributed by atoms with van der Waals surface area (Å²) < 4.78 is 0. The number of hydrogen-bond acceptors (Lipinski definition) is 2. The molecule has 0 bridgehead atoms. The third kappa shape index (κ3) is 39.1. The van der Waals surface area contributed by atoms with Crippen molar-refractivity contribution in [2.45, 2.75) is 200 Å². The molecule has 0 aliphatic heterocycles. The van der Waals surface area contributed by atoms with Gasteiger partial charge in [-0.25, -0.2) is 0 Å². The van der Waals surface area contributed by atoms with Gasteiger partial charge in [-0.3, -0.25) is 0 Å². The van der Waals surface area contributed by atoms with Crippen molar-refractivity contribution in [1.82, 2.24) is 0 Å². The molecular formula is C32H70N2. The summed E-state index contributed by atoms with van der Waals surface area (Å²) in [6.45, 7) is 7.08. The summed E-state index contributed by atoms with van der Waals surface area (Å²) >= 11 is 0. The fourth-order valence-corrected chi connectivity index (χ4v) is 4.78. The van der Waals surface area contributed by atoms with Gasteiger partial charge in [-0.1, -0.05) is 181 Å². The van der Waals surface area contributed by atoms with E-state index < -0.39 is 0 Å². The van der Waals surface area contributed by atoms with Crippen LogP contribution in [0.4, 0.5) is 0 Å². The van der Waals surface area contributed by atoms with Crippen LogP contribution in [0.5, 0.6) is 0 Å². The second kappa shape index (κ2) is 35.1. The molecule has 34 heavy (non-hydrogen) atoms. The van der Waals surface area contributed by atoms with E-state index in [0.717, 1.165) is 6.54 Å². The largest absolute Gasteiger partial charge is 0.331 e. The van der Waals surface area contributed by atoms with Crippen molar-refractivity contribution in [3.63, 3.8) is 0 Å². The fourth-order valence-electron chi connectivity index (χ4n) is 4.78. The van der Waals surface area contributed by atoms with E-state index in [1.807, 2.05) is 6.92 Å². The van der Waals surface area contributed by atoms with Crippen molar-refractivity contribution in [3.05, 3.63) is 0 Å². The minimum Gasteiger partial charge on any atom is -0.331 e. The van der Waals surface area contributed by atoms with E-state index in [-0.39, 0.29) is 0 Å². The second-order valence-corrected chi connectivity index (χ2v) is 11.0. The Labute approximate surface area is 218 Å². The average molecular weight is 483 g/mol. The fraction of sp³-hybridized carbons (Fsp3) is 1.00. The number of rotatable bonds is 27. The lowest BCUT2D eigenvalue weighted by molar-refractivity contribution is 0.512. The lowest BCUT2D eigenvalue weighted by Gasteiger charge is -2.05. The van der Waals surface area contributed by atoms with Gasteiger partial charge in [0.15, 0.2) is 0 Å². The average Bonchev–Trinajstić information content (AvgIpc) is 2.81. The minimum atomic E-state index is 0.398. The molecule has 0 aliphatic carbocycles.